The summed E-state index contributed by atoms with van der Waals surface area (Å²) in [7, 11) is 3.67. The Morgan fingerprint density at radius 1 is 1.06 bits per heavy atom. The molecule has 4 unspecified atom stereocenters. The van der Waals surface area contributed by atoms with Gasteiger partial charge in [-0.1, -0.05) is 47.4 Å². The zero-order valence-corrected chi connectivity index (χ0v) is 12.3. The van der Waals surface area contributed by atoms with E-state index < -0.39 is 0 Å². The molecule has 0 amide bonds. The molecule has 92 valence electrons. The predicted molar refractivity (Wildman–Crippen MR) is 79.1 cm³/mol. The van der Waals surface area contributed by atoms with Crippen LogP contribution in [0.1, 0.15) is 53.9 Å². The van der Waals surface area contributed by atoms with Crippen LogP contribution in [0.15, 0.2) is 0 Å². The molecule has 1 saturated carbocycles. The van der Waals surface area contributed by atoms with Crippen molar-refractivity contribution in [2.75, 3.05) is 0 Å². The summed E-state index contributed by atoms with van der Waals surface area (Å²) in [5, 5.41) is 0. The monoisotopic (exact) mass is 220 g/mol. The molecule has 0 nitrogen and oxygen atoms in total. The van der Waals surface area contributed by atoms with Crippen LogP contribution in [-0.4, -0.2) is 14.9 Å². The van der Waals surface area contributed by atoms with Crippen LogP contribution in [0.4, 0.5) is 0 Å². The molecule has 0 aromatic heterocycles. The van der Waals surface area contributed by atoms with E-state index in [4.69, 9.17) is 0 Å². The maximum Gasteiger partial charge on any atom is 0.0822 e. The average molecular weight is 220 g/mol. The fourth-order valence-electron chi connectivity index (χ4n) is 3.85. The van der Waals surface area contributed by atoms with Crippen molar-refractivity contribution in [3.63, 3.8) is 0 Å². The van der Waals surface area contributed by atoms with E-state index >= 15 is 0 Å². The second-order valence-electron chi connectivity index (χ2n) is 7.00. The smallest absolute Gasteiger partial charge is 0.0822 e. The lowest BCUT2D eigenvalue weighted by Crippen LogP contribution is -2.21. The molecule has 1 fully saturated rings. The Balaban J connectivity index is 2.73. The van der Waals surface area contributed by atoms with Crippen molar-refractivity contribution in [2.45, 2.75) is 60.2 Å². The van der Waals surface area contributed by atoms with Crippen molar-refractivity contribution in [1.82, 2.24) is 0 Å². The van der Waals surface area contributed by atoms with E-state index in [2.05, 4.69) is 42.4 Å². The van der Waals surface area contributed by atoms with Crippen molar-refractivity contribution < 1.29 is 0 Å². The molecular weight excluding hydrogens is 190 g/mol. The van der Waals surface area contributed by atoms with Gasteiger partial charge in [0.25, 0.3) is 0 Å². The Labute approximate surface area is 105 Å². The number of rotatable bonds is 3. The molecule has 0 N–H and O–H groups in total. The Morgan fingerprint density at radius 3 is 1.88 bits per heavy atom. The molecule has 0 saturated heterocycles. The Morgan fingerprint density at radius 2 is 1.50 bits per heavy atom. The van der Waals surface area contributed by atoms with Gasteiger partial charge in [0.2, 0.25) is 0 Å². The SMILES string of the molecule is BBCCC1(C)CC(C)C(C)C(C)[C@H](C)C1. The van der Waals surface area contributed by atoms with Crippen molar-refractivity contribution in [1.29, 1.82) is 0 Å². The van der Waals surface area contributed by atoms with Crippen LogP contribution >= 0.6 is 0 Å². The molecule has 0 aliphatic heterocycles. The summed E-state index contributed by atoms with van der Waals surface area (Å²) in [6.45, 7) is 12.4. The zero-order chi connectivity index (χ0) is 12.3. The first-order chi connectivity index (χ1) is 7.39. The predicted octanol–water partition coefficient (Wildman–Crippen LogP) is 3.12. The van der Waals surface area contributed by atoms with Crippen LogP contribution in [0.5, 0.6) is 0 Å². The van der Waals surface area contributed by atoms with Crippen LogP contribution in [0.2, 0.25) is 6.32 Å². The molecular formula is C14H30B2. The van der Waals surface area contributed by atoms with E-state index in [9.17, 15) is 0 Å². The van der Waals surface area contributed by atoms with E-state index in [1.807, 2.05) is 0 Å². The second kappa shape index (κ2) is 5.65. The number of hydrogen-bond acceptors (Lipinski definition) is 0. The van der Waals surface area contributed by atoms with Gasteiger partial charge in [-0.25, -0.2) is 0 Å². The second-order valence-corrected chi connectivity index (χ2v) is 7.00. The highest BCUT2D eigenvalue weighted by Gasteiger charge is 2.37. The molecule has 0 bridgehead atoms. The first-order valence-electron chi connectivity index (χ1n) is 7.39. The van der Waals surface area contributed by atoms with Gasteiger partial charge in [-0.15, -0.1) is 0 Å². The van der Waals surface area contributed by atoms with Crippen molar-refractivity contribution >= 4 is 14.9 Å². The summed E-state index contributed by atoms with van der Waals surface area (Å²) >= 11 is 0. The minimum absolute atomic E-state index is 0.619. The van der Waals surface area contributed by atoms with Crippen LogP contribution in [0, 0.1) is 29.1 Å². The van der Waals surface area contributed by atoms with Gasteiger partial charge >= 0.3 is 0 Å². The van der Waals surface area contributed by atoms with Gasteiger partial charge in [-0.05, 0) is 41.9 Å². The largest absolute Gasteiger partial charge is 0.0844 e. The summed E-state index contributed by atoms with van der Waals surface area (Å²) in [4.78, 5) is 0. The highest BCUT2D eigenvalue weighted by molar-refractivity contribution is 6.89. The van der Waals surface area contributed by atoms with Crippen molar-refractivity contribution in [3.8, 4) is 0 Å². The van der Waals surface area contributed by atoms with Gasteiger partial charge < -0.3 is 0 Å². The topological polar surface area (TPSA) is 0 Å². The Bertz CT molecular complexity index is 199. The first kappa shape index (κ1) is 14.2. The van der Waals surface area contributed by atoms with Crippen LogP contribution in [-0.2, 0) is 0 Å². The lowest BCUT2D eigenvalue weighted by molar-refractivity contribution is 0.209. The maximum absolute atomic E-state index is 2.54. The van der Waals surface area contributed by atoms with Crippen LogP contribution in [0.25, 0.3) is 0 Å². The highest BCUT2D eigenvalue weighted by Crippen LogP contribution is 2.47. The molecule has 1 rings (SSSR count). The standard InChI is InChI=1S/C14H30B2/c1-10-8-14(5,6-7-16-15)9-11(2)13(4)12(10)3/h10-13,16H,6-9,15H2,1-5H3/t10-,11?,12?,13?,14?/m1/s1. The van der Waals surface area contributed by atoms with Gasteiger partial charge in [-0.3, -0.25) is 0 Å². The minimum Gasteiger partial charge on any atom is -0.0844 e. The third-order valence-electron chi connectivity index (χ3n) is 5.39. The third kappa shape index (κ3) is 3.31. The van der Waals surface area contributed by atoms with Crippen molar-refractivity contribution in [3.05, 3.63) is 0 Å². The van der Waals surface area contributed by atoms with E-state index in [1.165, 1.54) is 32.8 Å². The highest BCUT2D eigenvalue weighted by atomic mass is 14.4. The summed E-state index contributed by atoms with van der Waals surface area (Å²) in [6.07, 6.45) is 5.75. The van der Waals surface area contributed by atoms with Crippen LogP contribution in [0.3, 0.4) is 0 Å². The molecule has 1 aliphatic carbocycles. The van der Waals surface area contributed by atoms with Gasteiger partial charge in [0.05, 0.1) is 14.9 Å². The normalized spacial score (nSPS) is 45.1. The molecule has 0 aromatic carbocycles. The van der Waals surface area contributed by atoms with Crippen LogP contribution < -0.4 is 0 Å². The lowest BCUT2D eigenvalue weighted by atomic mass is 9.51. The van der Waals surface area contributed by atoms with Gasteiger partial charge in [0, 0.05) is 0 Å². The first-order valence-corrected chi connectivity index (χ1v) is 7.39. The molecule has 0 spiro atoms. The quantitative estimate of drug-likeness (QED) is 0.506. The van der Waals surface area contributed by atoms with Gasteiger partial charge in [-0.2, -0.15) is 0 Å². The third-order valence-corrected chi connectivity index (χ3v) is 5.39. The van der Waals surface area contributed by atoms with E-state index in [0.29, 0.717) is 5.41 Å². The lowest BCUT2D eigenvalue weighted by Gasteiger charge is -2.32. The van der Waals surface area contributed by atoms with Crippen molar-refractivity contribution in [2.24, 2.45) is 29.1 Å². The average Bonchev–Trinajstić information content (AvgIpc) is 2.29. The maximum atomic E-state index is 2.54. The molecule has 16 heavy (non-hydrogen) atoms. The molecule has 2 heteroatoms. The summed E-state index contributed by atoms with van der Waals surface area (Å²) < 4.78 is 0. The Kier molecular flexibility index (Phi) is 5.01. The Hall–Kier alpha value is 0.130. The summed E-state index contributed by atoms with van der Waals surface area (Å²) in [5.41, 5.74) is 0.619. The molecule has 0 heterocycles. The fraction of sp³-hybridized carbons (Fsp3) is 1.00. The molecule has 1 aliphatic rings. The molecule has 0 radical (unpaired) electrons. The molecule has 0 aromatic rings. The van der Waals surface area contributed by atoms with Gasteiger partial charge in [0.15, 0.2) is 0 Å². The summed E-state index contributed by atoms with van der Waals surface area (Å²) in [6, 6.07) is 0. The van der Waals surface area contributed by atoms with Gasteiger partial charge in [0.1, 0.15) is 0 Å². The van der Waals surface area contributed by atoms with E-state index in [1.54, 1.807) is 0 Å². The minimum atomic E-state index is 0.619. The van der Waals surface area contributed by atoms with E-state index in [-0.39, 0.29) is 0 Å². The molecule has 5 atom stereocenters. The zero-order valence-electron chi connectivity index (χ0n) is 12.3. The fourth-order valence-corrected chi connectivity index (χ4v) is 3.85. The number of hydrogen-bond donors (Lipinski definition) is 0. The summed E-state index contributed by atoms with van der Waals surface area (Å²) in [5.74, 6) is 3.61. The van der Waals surface area contributed by atoms with E-state index in [0.717, 1.165) is 23.7 Å².